The molecule has 7 heterocycles. The Hall–Kier alpha value is -6.72. The molecule has 3 aromatic carbocycles. The second-order valence-electron chi connectivity index (χ2n) is 21.3. The number of pyridine rings is 1. The number of methoxy groups -OCH3 is 1. The molecule has 2 bridgehead atoms. The van der Waals surface area contributed by atoms with E-state index in [1.807, 2.05) is 4.90 Å². The van der Waals surface area contributed by atoms with Crippen molar-refractivity contribution in [2.75, 3.05) is 95.5 Å². The summed E-state index contributed by atoms with van der Waals surface area (Å²) in [5.74, 6) is 2.07. The molecule has 2 aromatic heterocycles. The number of amides is 4. The minimum Gasteiger partial charge on any atom is -0.508 e. The first kappa shape index (κ1) is 49.5. The highest BCUT2D eigenvalue weighted by Gasteiger charge is 2.40. The molecule has 0 radical (unpaired) electrons. The van der Waals surface area contributed by atoms with Gasteiger partial charge in [-0.3, -0.25) is 29.7 Å². The van der Waals surface area contributed by atoms with Crippen LogP contribution in [0.4, 0.5) is 25.1 Å². The zero-order valence-electron chi connectivity index (χ0n) is 41.8. The zero-order chi connectivity index (χ0) is 51.3. The Morgan fingerprint density at radius 2 is 1.69 bits per heavy atom. The fraction of sp³-hybridized carbons (Fsp3) is 0.491. The number of terminal acetylenes is 1. The van der Waals surface area contributed by atoms with E-state index in [1.54, 1.807) is 18.2 Å². The Kier molecular flexibility index (Phi) is 13.7. The quantitative estimate of drug-likeness (QED) is 0.112. The molecule has 6 fully saturated rings. The van der Waals surface area contributed by atoms with Gasteiger partial charge in [0, 0.05) is 113 Å². The van der Waals surface area contributed by atoms with Gasteiger partial charge in [0.15, 0.2) is 5.82 Å². The van der Waals surface area contributed by atoms with E-state index in [0.29, 0.717) is 72.2 Å². The number of aromatic nitrogens is 3. The summed E-state index contributed by atoms with van der Waals surface area (Å²) in [6.07, 6.45) is 16.2. The summed E-state index contributed by atoms with van der Waals surface area (Å²) in [5, 5.41) is 17.8. The third kappa shape index (κ3) is 9.87. The van der Waals surface area contributed by atoms with Gasteiger partial charge in [0.1, 0.15) is 41.0 Å². The fourth-order valence-corrected chi connectivity index (χ4v) is 12.5. The van der Waals surface area contributed by atoms with Crippen molar-refractivity contribution in [1.82, 2.24) is 40.3 Å². The molecule has 388 valence electrons. The second-order valence-corrected chi connectivity index (χ2v) is 21.3. The number of halogens is 2. The van der Waals surface area contributed by atoms with Crippen LogP contribution in [0.5, 0.6) is 17.5 Å². The predicted octanol–water partition coefficient (Wildman–Crippen LogP) is 5.64. The van der Waals surface area contributed by atoms with Crippen molar-refractivity contribution in [1.29, 1.82) is 0 Å². The molecular weight excluding hydrogens is 949 g/mol. The van der Waals surface area contributed by atoms with E-state index in [-0.39, 0.29) is 94.4 Å². The standard InChI is InChI=1S/C55H63F2N11O6/c1-3-40-43(56)8-4-34-24-39(69)26-41(47(34)40)49-48(57)50-42(27-59-49)51(67-30-37-6-7-38(31-67)60-37)63-53(62-50)74-32-36(58)29-65-22-20-64(21-23-65)28-33-10-13-55(14-11-33)15-18-66(19-16-55)52(71)35-5-9-45(73-2)44(25-35)68-17-12-46(70)61-54(68)72/h1,4-5,8-9,24-27,33,36-38,60,69H,6-7,10-23,28-32,58H2,2H3,(H,61,70,72)/t36-,37?,38?/m1/s1. The van der Waals surface area contributed by atoms with Crippen molar-refractivity contribution < 1.29 is 37.7 Å². The minimum atomic E-state index is -0.771. The number of carbonyl (C=O) groups is 3. The van der Waals surface area contributed by atoms with E-state index < -0.39 is 17.7 Å². The number of aromatic hydroxyl groups is 1. The Balaban J connectivity index is 0.682. The van der Waals surface area contributed by atoms with Crippen LogP contribution in [0.1, 0.15) is 73.7 Å². The van der Waals surface area contributed by atoms with Gasteiger partial charge in [-0.2, -0.15) is 9.97 Å². The third-order valence-corrected chi connectivity index (χ3v) is 16.6. The SMILES string of the molecule is C#Cc1c(F)ccc2cc(O)cc(-c3ncc4c(N5CC6CCC(C5)N6)nc(OC[C@H](N)CN5CCN(CC6CCC7(CC6)CCN(C(=O)c6ccc(OC)c(N8CCC(=O)NC8=O)c6)CC7)CC5)nc4c3F)c12. The number of piperidine rings is 1. The number of piperazine rings is 2. The van der Waals surface area contributed by atoms with Gasteiger partial charge in [0.25, 0.3) is 5.91 Å². The summed E-state index contributed by atoms with van der Waals surface area (Å²) in [6, 6.07) is 10.3. The van der Waals surface area contributed by atoms with Crippen LogP contribution in [0.15, 0.2) is 48.7 Å². The number of carbonyl (C=O) groups excluding carboxylic acids is 3. The summed E-state index contributed by atoms with van der Waals surface area (Å²) in [5.41, 5.74) is 7.89. The monoisotopic (exact) mass is 1010 g/mol. The van der Waals surface area contributed by atoms with Gasteiger partial charge in [-0.25, -0.2) is 13.6 Å². The predicted molar refractivity (Wildman–Crippen MR) is 276 cm³/mol. The maximum atomic E-state index is 17.1. The molecule has 5 N–H and O–H groups in total. The number of hydrogen-bond acceptors (Lipinski definition) is 14. The molecule has 6 aliphatic rings. The zero-order valence-corrected chi connectivity index (χ0v) is 41.8. The average molecular weight is 1010 g/mol. The van der Waals surface area contributed by atoms with Gasteiger partial charge in [-0.15, -0.1) is 6.42 Å². The van der Waals surface area contributed by atoms with Crippen molar-refractivity contribution in [3.05, 3.63) is 71.4 Å². The van der Waals surface area contributed by atoms with Crippen LogP contribution in [-0.2, 0) is 4.79 Å². The Bertz CT molecular complexity index is 3020. The molecular formula is C55H63F2N11O6. The van der Waals surface area contributed by atoms with E-state index in [1.165, 1.54) is 55.3 Å². The van der Waals surface area contributed by atoms with Gasteiger partial charge >= 0.3 is 12.0 Å². The van der Waals surface area contributed by atoms with Gasteiger partial charge in [0.2, 0.25) is 5.91 Å². The number of nitrogens with two attached hydrogens (primary N) is 1. The maximum absolute atomic E-state index is 17.1. The number of hydrogen-bond donors (Lipinski definition) is 4. The van der Waals surface area contributed by atoms with E-state index in [4.69, 9.17) is 26.6 Å². The second kappa shape index (κ2) is 20.5. The van der Waals surface area contributed by atoms with E-state index >= 15 is 8.78 Å². The molecule has 74 heavy (non-hydrogen) atoms. The Morgan fingerprint density at radius 3 is 2.41 bits per heavy atom. The molecule has 2 unspecified atom stereocenters. The first-order valence-electron chi connectivity index (χ1n) is 26.1. The summed E-state index contributed by atoms with van der Waals surface area (Å²) >= 11 is 0. The molecule has 1 spiro atoms. The molecule has 1 aliphatic carbocycles. The molecule has 3 atom stereocenters. The average Bonchev–Trinajstić information content (AvgIpc) is 3.75. The molecule has 11 rings (SSSR count). The van der Waals surface area contributed by atoms with Gasteiger partial charge in [-0.05, 0) is 104 Å². The minimum absolute atomic E-state index is 0.00618. The summed E-state index contributed by atoms with van der Waals surface area (Å²) in [4.78, 5) is 62.6. The lowest BCUT2D eigenvalue weighted by Gasteiger charge is -2.47. The van der Waals surface area contributed by atoms with Crippen molar-refractivity contribution in [3.63, 3.8) is 0 Å². The van der Waals surface area contributed by atoms with Crippen LogP contribution >= 0.6 is 0 Å². The summed E-state index contributed by atoms with van der Waals surface area (Å²) in [7, 11) is 1.52. The lowest BCUT2D eigenvalue weighted by Crippen LogP contribution is -2.52. The molecule has 17 nitrogen and oxygen atoms in total. The maximum Gasteiger partial charge on any atom is 0.328 e. The number of benzene rings is 3. The Labute approximate surface area is 428 Å². The van der Waals surface area contributed by atoms with Crippen LogP contribution in [0.3, 0.4) is 0 Å². The van der Waals surface area contributed by atoms with Crippen molar-refractivity contribution in [2.45, 2.75) is 75.9 Å². The van der Waals surface area contributed by atoms with Crippen LogP contribution in [0.25, 0.3) is 32.9 Å². The van der Waals surface area contributed by atoms with Crippen LogP contribution in [-0.4, -0.2) is 156 Å². The van der Waals surface area contributed by atoms with Gasteiger partial charge in [-0.1, -0.05) is 12.0 Å². The highest BCUT2D eigenvalue weighted by molar-refractivity contribution is 6.07. The van der Waals surface area contributed by atoms with E-state index in [9.17, 15) is 19.5 Å². The van der Waals surface area contributed by atoms with Crippen LogP contribution in [0.2, 0.25) is 0 Å². The Morgan fingerprint density at radius 1 is 0.946 bits per heavy atom. The van der Waals surface area contributed by atoms with Crippen molar-refractivity contribution in [2.24, 2.45) is 17.1 Å². The fourth-order valence-electron chi connectivity index (χ4n) is 12.5. The number of phenolic OH excluding ortho intramolecular Hbond substituents is 1. The molecule has 1 saturated carbocycles. The van der Waals surface area contributed by atoms with E-state index in [0.717, 1.165) is 71.2 Å². The number of likely N-dealkylation sites (tertiary alicyclic amines) is 1. The normalized spacial score (nSPS) is 22.1. The number of imide groups is 1. The molecule has 5 aromatic rings. The lowest BCUT2D eigenvalue weighted by atomic mass is 9.65. The lowest BCUT2D eigenvalue weighted by molar-refractivity contribution is -0.120. The number of nitrogens with zero attached hydrogens (tertiary/aromatic N) is 8. The topological polar surface area (TPSA) is 195 Å². The summed E-state index contributed by atoms with van der Waals surface area (Å²) < 4.78 is 43.8. The van der Waals surface area contributed by atoms with Gasteiger partial charge < -0.3 is 40.3 Å². The molecule has 5 saturated heterocycles. The van der Waals surface area contributed by atoms with Gasteiger partial charge in [0.05, 0.1) is 29.8 Å². The largest absolute Gasteiger partial charge is 0.508 e. The van der Waals surface area contributed by atoms with Crippen molar-refractivity contribution in [3.8, 4) is 41.1 Å². The number of ether oxygens (including phenoxy) is 2. The number of phenols is 1. The first-order valence-corrected chi connectivity index (χ1v) is 26.1. The summed E-state index contributed by atoms with van der Waals surface area (Å²) in [6.45, 7) is 8.41. The first-order chi connectivity index (χ1) is 35.8. The van der Waals surface area contributed by atoms with Crippen LogP contribution in [0, 0.1) is 35.3 Å². The molecule has 4 amide bonds. The highest BCUT2D eigenvalue weighted by Crippen LogP contribution is 2.47. The number of fused-ring (bicyclic) bond motifs is 4. The highest BCUT2D eigenvalue weighted by atomic mass is 19.1. The smallest absolute Gasteiger partial charge is 0.328 e. The number of nitrogens with one attached hydrogen (secondary N) is 2. The molecule has 19 heteroatoms. The third-order valence-electron chi connectivity index (χ3n) is 16.6. The van der Waals surface area contributed by atoms with Crippen molar-refractivity contribution >= 4 is 51.0 Å². The molecule has 5 aliphatic heterocycles. The number of rotatable bonds is 12. The van der Waals surface area contributed by atoms with Crippen LogP contribution < -0.4 is 35.6 Å². The number of urea groups is 1. The van der Waals surface area contributed by atoms with E-state index in [2.05, 4.69) is 41.2 Å². The number of anilines is 2.